The maximum absolute atomic E-state index is 10.6. The van der Waals surface area contributed by atoms with Crippen molar-refractivity contribution in [3.8, 4) is 11.5 Å². The van der Waals surface area contributed by atoms with E-state index in [1.165, 1.54) is 50.1 Å². The van der Waals surface area contributed by atoms with Gasteiger partial charge in [0.15, 0.2) is 0 Å². The zero-order chi connectivity index (χ0) is 40.2. The van der Waals surface area contributed by atoms with Crippen LogP contribution in [0.1, 0.15) is 61.2 Å². The van der Waals surface area contributed by atoms with Crippen LogP contribution in [0, 0.1) is 48.5 Å². The molecule has 57 heavy (non-hydrogen) atoms. The van der Waals surface area contributed by atoms with E-state index in [1.807, 2.05) is 26.0 Å². The van der Waals surface area contributed by atoms with E-state index in [4.69, 9.17) is 0 Å². The molecule has 0 saturated heterocycles. The van der Waals surface area contributed by atoms with Gasteiger partial charge in [0, 0.05) is 33.9 Å². The van der Waals surface area contributed by atoms with Crippen LogP contribution in [0.15, 0.2) is 140 Å². The Morgan fingerprint density at radius 3 is 1.35 bits per heavy atom. The molecule has 4 nitrogen and oxygen atoms in total. The van der Waals surface area contributed by atoms with Gasteiger partial charge >= 0.3 is 0 Å². The number of rotatable bonds is 12. The highest BCUT2D eigenvalue weighted by atomic mass is 16.3. The van der Waals surface area contributed by atoms with E-state index in [9.17, 15) is 10.2 Å². The summed E-state index contributed by atoms with van der Waals surface area (Å²) in [4.78, 5) is 4.51. The van der Waals surface area contributed by atoms with Crippen LogP contribution in [0.4, 0.5) is 34.1 Å². The fourth-order valence-electron chi connectivity index (χ4n) is 8.05. The molecule has 0 aromatic heterocycles. The number of anilines is 6. The molecule has 0 heterocycles. The van der Waals surface area contributed by atoms with E-state index in [0.717, 1.165) is 70.9 Å². The van der Waals surface area contributed by atoms with Gasteiger partial charge in [0.05, 0.1) is 11.4 Å². The first-order valence-corrected chi connectivity index (χ1v) is 20.0. The summed E-state index contributed by atoms with van der Waals surface area (Å²) in [6.45, 7) is 14.8. The SMILES string of the molecule is Cc1cccc(N(c2ccc(CCc3ccc(CCc4ccc(N(c5cccc(C)c5)c5cccc(O)c5C)c(C)c4)c(C)c3)c(C)c2)c2cccc(O)c2C)c1. The minimum Gasteiger partial charge on any atom is -0.508 e. The lowest BCUT2D eigenvalue weighted by Crippen LogP contribution is -2.13. The molecule has 0 atom stereocenters. The minimum absolute atomic E-state index is 0.298. The standard InChI is InChI=1S/C53H54N2O2/c1-35-12-8-14-46(30-35)54(50-16-10-18-52(56)40(50)6)48-28-27-45(38(4)34-48)26-21-42-20-24-44(37(3)32-42)25-22-43-23-29-49(39(5)33-43)55(47-15-9-13-36(2)31-47)51-17-11-19-53(57)41(51)7/h8-20,23-24,27-34,56-57H,21-22,25-26H2,1-7H3. The summed E-state index contributed by atoms with van der Waals surface area (Å²) in [5.74, 6) is 0.597. The highest BCUT2D eigenvalue weighted by Crippen LogP contribution is 2.42. The molecule has 0 radical (unpaired) electrons. The molecule has 0 bridgehead atoms. The highest BCUT2D eigenvalue weighted by Gasteiger charge is 2.20. The Kier molecular flexibility index (Phi) is 11.5. The number of hydrogen-bond acceptors (Lipinski definition) is 4. The summed E-state index contributed by atoms with van der Waals surface area (Å²) < 4.78 is 0. The zero-order valence-corrected chi connectivity index (χ0v) is 34.4. The van der Waals surface area contributed by atoms with E-state index < -0.39 is 0 Å². The third kappa shape index (κ3) is 8.61. The van der Waals surface area contributed by atoms with Gasteiger partial charge in [-0.15, -0.1) is 0 Å². The molecule has 0 amide bonds. The number of aryl methyl sites for hydroxylation is 9. The number of hydrogen-bond donors (Lipinski definition) is 2. The fraction of sp³-hybridized carbons (Fsp3) is 0.208. The maximum Gasteiger partial charge on any atom is 0.120 e. The number of nitrogens with zero attached hydrogens (tertiary/aromatic N) is 2. The minimum atomic E-state index is 0.298. The lowest BCUT2D eigenvalue weighted by Gasteiger charge is -2.29. The largest absolute Gasteiger partial charge is 0.508 e. The number of phenolic OH excluding ortho intramolecular Hbond substituents is 2. The molecule has 4 heteroatoms. The van der Waals surface area contributed by atoms with Crippen LogP contribution in [-0.4, -0.2) is 10.2 Å². The summed E-state index contributed by atoms with van der Waals surface area (Å²) in [5.41, 5.74) is 19.6. The third-order valence-corrected chi connectivity index (χ3v) is 11.4. The van der Waals surface area contributed by atoms with Gasteiger partial charge in [0.1, 0.15) is 11.5 Å². The van der Waals surface area contributed by atoms with Gasteiger partial charge in [-0.3, -0.25) is 0 Å². The van der Waals surface area contributed by atoms with E-state index in [1.54, 1.807) is 12.1 Å². The van der Waals surface area contributed by atoms with Crippen molar-refractivity contribution in [3.63, 3.8) is 0 Å². The van der Waals surface area contributed by atoms with Crippen molar-refractivity contribution >= 4 is 34.1 Å². The molecule has 7 aromatic rings. The Balaban J connectivity index is 1.04. The van der Waals surface area contributed by atoms with Crippen LogP contribution in [0.3, 0.4) is 0 Å². The summed E-state index contributed by atoms with van der Waals surface area (Å²) in [6.07, 6.45) is 3.89. The molecule has 7 rings (SSSR count). The number of aromatic hydroxyl groups is 2. The van der Waals surface area contributed by atoms with Gasteiger partial charge in [0.2, 0.25) is 0 Å². The molecule has 0 aliphatic rings. The predicted octanol–water partition coefficient (Wildman–Crippen LogP) is 13.8. The molecule has 2 N–H and O–H groups in total. The molecule has 0 saturated carbocycles. The van der Waals surface area contributed by atoms with Gasteiger partial charge in [-0.05, 0) is 191 Å². The maximum atomic E-state index is 10.6. The fourth-order valence-corrected chi connectivity index (χ4v) is 8.05. The van der Waals surface area contributed by atoms with Gasteiger partial charge < -0.3 is 20.0 Å². The van der Waals surface area contributed by atoms with Gasteiger partial charge in [-0.25, -0.2) is 0 Å². The first-order chi connectivity index (χ1) is 27.5. The van der Waals surface area contributed by atoms with Crippen molar-refractivity contribution in [2.75, 3.05) is 9.80 Å². The van der Waals surface area contributed by atoms with Crippen molar-refractivity contribution < 1.29 is 10.2 Å². The van der Waals surface area contributed by atoms with Crippen LogP contribution in [0.25, 0.3) is 0 Å². The second kappa shape index (κ2) is 16.9. The molecule has 288 valence electrons. The molecule has 7 aromatic carbocycles. The van der Waals surface area contributed by atoms with Crippen LogP contribution in [0.5, 0.6) is 11.5 Å². The highest BCUT2D eigenvalue weighted by molar-refractivity contribution is 5.82. The monoisotopic (exact) mass is 750 g/mol. The Bertz CT molecular complexity index is 2550. The van der Waals surface area contributed by atoms with Crippen molar-refractivity contribution in [1.29, 1.82) is 0 Å². The molecule has 0 fully saturated rings. The van der Waals surface area contributed by atoms with Crippen LogP contribution < -0.4 is 9.80 Å². The average molecular weight is 751 g/mol. The predicted molar refractivity (Wildman–Crippen MR) is 240 cm³/mol. The van der Waals surface area contributed by atoms with Gasteiger partial charge in [0.25, 0.3) is 0 Å². The Hall–Kier alpha value is -6.26. The summed E-state index contributed by atoms with van der Waals surface area (Å²) in [6, 6.07) is 49.1. The van der Waals surface area contributed by atoms with E-state index in [-0.39, 0.29) is 0 Å². The van der Waals surface area contributed by atoms with Gasteiger partial charge in [-0.2, -0.15) is 0 Å². The van der Waals surface area contributed by atoms with E-state index in [2.05, 4.69) is 160 Å². The molecular formula is C53H54N2O2. The average Bonchev–Trinajstić information content (AvgIpc) is 3.18. The van der Waals surface area contributed by atoms with E-state index >= 15 is 0 Å². The summed E-state index contributed by atoms with van der Waals surface area (Å²) >= 11 is 0. The Morgan fingerprint density at radius 2 is 0.825 bits per heavy atom. The lowest BCUT2D eigenvalue weighted by molar-refractivity contribution is 0.471. The van der Waals surface area contributed by atoms with Gasteiger partial charge in [-0.1, -0.05) is 72.8 Å². The molecule has 0 spiro atoms. The zero-order valence-electron chi connectivity index (χ0n) is 34.4. The first kappa shape index (κ1) is 39.0. The normalized spacial score (nSPS) is 11.1. The lowest BCUT2D eigenvalue weighted by atomic mass is 9.94. The quantitative estimate of drug-likeness (QED) is 0.131. The van der Waals surface area contributed by atoms with Crippen LogP contribution in [-0.2, 0) is 25.7 Å². The molecule has 0 aliphatic heterocycles. The number of phenols is 2. The summed E-state index contributed by atoms with van der Waals surface area (Å²) in [7, 11) is 0. The van der Waals surface area contributed by atoms with Crippen molar-refractivity contribution in [2.45, 2.75) is 74.1 Å². The second-order valence-electron chi connectivity index (χ2n) is 15.7. The smallest absolute Gasteiger partial charge is 0.120 e. The third-order valence-electron chi connectivity index (χ3n) is 11.4. The Morgan fingerprint density at radius 1 is 0.368 bits per heavy atom. The molecule has 0 aliphatic carbocycles. The van der Waals surface area contributed by atoms with E-state index in [0.29, 0.717) is 11.5 Å². The first-order valence-electron chi connectivity index (χ1n) is 20.0. The van der Waals surface area contributed by atoms with Crippen molar-refractivity contribution in [2.24, 2.45) is 0 Å². The molecular weight excluding hydrogens is 697 g/mol. The van der Waals surface area contributed by atoms with Crippen LogP contribution >= 0.6 is 0 Å². The topological polar surface area (TPSA) is 46.9 Å². The number of benzene rings is 7. The van der Waals surface area contributed by atoms with Crippen molar-refractivity contribution in [3.05, 3.63) is 201 Å². The summed E-state index contributed by atoms with van der Waals surface area (Å²) in [5, 5.41) is 21.2. The van der Waals surface area contributed by atoms with Crippen molar-refractivity contribution in [1.82, 2.24) is 0 Å². The Labute approximate surface area is 339 Å². The molecule has 0 unspecified atom stereocenters. The van der Waals surface area contributed by atoms with Crippen LogP contribution in [0.2, 0.25) is 0 Å². The second-order valence-corrected chi connectivity index (χ2v) is 15.7.